The molecule has 0 radical (unpaired) electrons. The largest absolute Gasteiger partial charge is 0.478 e. The summed E-state index contributed by atoms with van der Waals surface area (Å²) in [6.07, 6.45) is 5.31. The number of aromatic nitrogens is 2. The first-order valence-electron chi connectivity index (χ1n) is 12.1. The molecule has 0 amide bonds. The van der Waals surface area contributed by atoms with Gasteiger partial charge in [-0.15, -0.1) is 0 Å². The van der Waals surface area contributed by atoms with E-state index in [-0.39, 0.29) is 0 Å². The van der Waals surface area contributed by atoms with Crippen molar-refractivity contribution in [2.75, 3.05) is 31.5 Å². The molecule has 210 valence electrons. The highest BCUT2D eigenvalue weighted by atomic mass is 16.4. The topological polar surface area (TPSA) is 193 Å². The summed E-state index contributed by atoms with van der Waals surface area (Å²) in [6.45, 7) is 10.8. The smallest absolute Gasteiger partial charge is 0.328 e. The van der Waals surface area contributed by atoms with Crippen molar-refractivity contribution in [1.82, 2.24) is 14.9 Å². The van der Waals surface area contributed by atoms with E-state index in [1.165, 1.54) is 27.4 Å². The Morgan fingerprint density at radius 1 is 0.897 bits per heavy atom. The Morgan fingerprint density at radius 2 is 1.41 bits per heavy atom. The van der Waals surface area contributed by atoms with Gasteiger partial charge >= 0.3 is 23.9 Å². The molecule has 0 aliphatic heterocycles. The third-order valence-corrected chi connectivity index (χ3v) is 5.30. The summed E-state index contributed by atoms with van der Waals surface area (Å²) in [6, 6.07) is 8.44. The molecule has 0 atom stereocenters. The number of rotatable bonds is 11. The Bertz CT molecular complexity index is 1260. The van der Waals surface area contributed by atoms with E-state index in [0.29, 0.717) is 24.3 Å². The maximum absolute atomic E-state index is 9.55. The quantitative estimate of drug-likeness (QED) is 0.153. The van der Waals surface area contributed by atoms with E-state index in [1.54, 1.807) is 0 Å². The zero-order valence-electron chi connectivity index (χ0n) is 22.0. The molecule has 0 saturated heterocycles. The van der Waals surface area contributed by atoms with Crippen LogP contribution in [0.5, 0.6) is 0 Å². The number of anilines is 1. The summed E-state index contributed by atoms with van der Waals surface area (Å²) < 4.78 is 0. The molecule has 12 heteroatoms. The van der Waals surface area contributed by atoms with Crippen molar-refractivity contribution in [2.45, 2.75) is 27.2 Å². The number of carboxylic acid groups (broad SMARTS) is 4. The highest BCUT2D eigenvalue weighted by molar-refractivity contribution is 6.13. The first-order valence-corrected chi connectivity index (χ1v) is 12.1. The fourth-order valence-corrected chi connectivity index (χ4v) is 3.44. The molecular formula is C27H34N4O8. The lowest BCUT2D eigenvalue weighted by Crippen LogP contribution is -2.25. The number of nitrogens with one attached hydrogen (secondary N) is 2. The average Bonchev–Trinajstić information content (AvgIpc) is 3.29. The van der Waals surface area contributed by atoms with E-state index < -0.39 is 23.9 Å². The van der Waals surface area contributed by atoms with Gasteiger partial charge in [0, 0.05) is 53.3 Å². The second kappa shape index (κ2) is 16.9. The van der Waals surface area contributed by atoms with Gasteiger partial charge in [0.1, 0.15) is 5.82 Å². The Labute approximate surface area is 225 Å². The number of nitrogens with zero attached hydrogens (tertiary/aromatic N) is 2. The molecular weight excluding hydrogens is 508 g/mol. The van der Waals surface area contributed by atoms with Gasteiger partial charge in [-0.3, -0.25) is 0 Å². The molecule has 3 aromatic rings. The number of hydrogen-bond donors (Lipinski definition) is 6. The van der Waals surface area contributed by atoms with Crippen molar-refractivity contribution in [2.24, 2.45) is 0 Å². The molecule has 0 spiro atoms. The zero-order chi connectivity index (χ0) is 29.4. The van der Waals surface area contributed by atoms with Crippen molar-refractivity contribution in [3.63, 3.8) is 0 Å². The van der Waals surface area contributed by atoms with Gasteiger partial charge in [0.05, 0.1) is 5.52 Å². The maximum Gasteiger partial charge on any atom is 0.328 e. The number of aromatic amines is 1. The molecule has 12 nitrogen and oxygen atoms in total. The molecule has 1 aromatic carbocycles. The number of hydrogen-bond acceptors (Lipinski definition) is 7. The van der Waals surface area contributed by atoms with Crippen molar-refractivity contribution < 1.29 is 39.6 Å². The van der Waals surface area contributed by atoms with Gasteiger partial charge in [0.15, 0.2) is 0 Å². The third kappa shape index (κ3) is 11.9. The molecule has 2 heterocycles. The van der Waals surface area contributed by atoms with Crippen molar-refractivity contribution >= 4 is 51.5 Å². The summed E-state index contributed by atoms with van der Waals surface area (Å²) in [5.41, 5.74) is 3.54. The van der Waals surface area contributed by atoms with Gasteiger partial charge in [-0.05, 0) is 44.6 Å². The number of aliphatic carboxylic acids is 4. The lowest BCUT2D eigenvalue weighted by atomic mass is 10.1. The van der Waals surface area contributed by atoms with E-state index in [4.69, 9.17) is 20.4 Å². The van der Waals surface area contributed by atoms with E-state index in [0.717, 1.165) is 38.4 Å². The Hall–Kier alpha value is -4.71. The highest BCUT2D eigenvalue weighted by Gasteiger charge is 2.11. The van der Waals surface area contributed by atoms with Crippen LogP contribution in [0.15, 0.2) is 54.8 Å². The molecule has 0 fully saturated rings. The molecule has 0 bridgehead atoms. The molecule has 0 saturated carbocycles. The number of para-hydroxylation sites is 1. The van der Waals surface area contributed by atoms with Crippen LogP contribution in [0.2, 0.25) is 0 Å². The standard InChI is InChI=1S/C19H26N4.2C4H4O4/c1-4-23(5-2)12-8-11-20-19-17-15-9-6-7-10-16(15)22-18(17)14(3)13-21-19;2*5-3(6)1-2-4(7)8/h6-7,9-10,13,22H,4-5,8,11-12H2,1-3H3,(H,20,21);2*1-2H,(H,5,6)(H,7,8)/b;2*2-1+. The van der Waals surface area contributed by atoms with E-state index in [9.17, 15) is 19.2 Å². The number of pyridine rings is 1. The van der Waals surface area contributed by atoms with Crippen molar-refractivity contribution in [3.8, 4) is 0 Å². The number of carboxylic acids is 4. The fourth-order valence-electron chi connectivity index (χ4n) is 3.44. The van der Waals surface area contributed by atoms with Crippen LogP contribution in [0.4, 0.5) is 5.82 Å². The van der Waals surface area contributed by atoms with Crippen LogP contribution in [-0.2, 0) is 19.2 Å². The highest BCUT2D eigenvalue weighted by Crippen LogP contribution is 2.31. The molecule has 6 N–H and O–H groups in total. The van der Waals surface area contributed by atoms with Gasteiger partial charge < -0.3 is 35.6 Å². The minimum absolute atomic E-state index is 0.558. The minimum atomic E-state index is -1.26. The van der Waals surface area contributed by atoms with Gasteiger partial charge in [-0.1, -0.05) is 32.0 Å². The summed E-state index contributed by atoms with van der Waals surface area (Å²) in [4.78, 5) is 48.8. The number of aryl methyl sites for hydroxylation is 1. The summed E-state index contributed by atoms with van der Waals surface area (Å²) in [5, 5.41) is 37.2. The number of benzene rings is 1. The SMILES string of the molecule is CCN(CC)CCCNc1ncc(C)c2[nH]c3ccccc3c12.O=C(O)/C=C/C(=O)O.O=C(O)/C=C/C(=O)O. The predicted octanol–water partition coefficient (Wildman–Crippen LogP) is 3.59. The van der Waals surface area contributed by atoms with Crippen LogP contribution >= 0.6 is 0 Å². The second-order valence-corrected chi connectivity index (χ2v) is 8.04. The minimum Gasteiger partial charge on any atom is -0.478 e. The lowest BCUT2D eigenvalue weighted by molar-refractivity contribution is -0.134. The van der Waals surface area contributed by atoms with Crippen LogP contribution in [-0.4, -0.2) is 85.4 Å². The molecule has 3 rings (SSSR count). The third-order valence-electron chi connectivity index (χ3n) is 5.30. The van der Waals surface area contributed by atoms with Crippen LogP contribution in [0.1, 0.15) is 25.8 Å². The van der Waals surface area contributed by atoms with Gasteiger partial charge in [-0.2, -0.15) is 0 Å². The monoisotopic (exact) mass is 542 g/mol. The van der Waals surface area contributed by atoms with Gasteiger partial charge in [0.2, 0.25) is 0 Å². The normalized spacial score (nSPS) is 10.8. The first-order chi connectivity index (χ1) is 18.5. The van der Waals surface area contributed by atoms with Crippen molar-refractivity contribution in [1.29, 1.82) is 0 Å². The molecule has 0 aliphatic rings. The Balaban J connectivity index is 0.000000393. The van der Waals surface area contributed by atoms with Crippen molar-refractivity contribution in [3.05, 3.63) is 60.3 Å². The maximum atomic E-state index is 9.55. The summed E-state index contributed by atoms with van der Waals surface area (Å²) >= 11 is 0. The molecule has 0 aliphatic carbocycles. The van der Waals surface area contributed by atoms with Crippen LogP contribution in [0, 0.1) is 6.92 Å². The second-order valence-electron chi connectivity index (χ2n) is 8.04. The Kier molecular flexibility index (Phi) is 14.0. The number of H-pyrrole nitrogens is 1. The van der Waals surface area contributed by atoms with Crippen LogP contribution < -0.4 is 5.32 Å². The lowest BCUT2D eigenvalue weighted by Gasteiger charge is -2.18. The average molecular weight is 543 g/mol. The number of fused-ring (bicyclic) bond motifs is 3. The van der Waals surface area contributed by atoms with Crippen LogP contribution in [0.3, 0.4) is 0 Å². The van der Waals surface area contributed by atoms with E-state index >= 15 is 0 Å². The summed E-state index contributed by atoms with van der Waals surface area (Å²) in [5.74, 6) is -4.04. The van der Waals surface area contributed by atoms with Gasteiger partial charge in [0.25, 0.3) is 0 Å². The zero-order valence-corrected chi connectivity index (χ0v) is 22.0. The number of carbonyl (C=O) groups is 4. The first kappa shape index (κ1) is 32.3. The molecule has 39 heavy (non-hydrogen) atoms. The Morgan fingerprint density at radius 3 is 1.90 bits per heavy atom. The molecule has 0 unspecified atom stereocenters. The fraction of sp³-hybridized carbons (Fsp3) is 0.296. The van der Waals surface area contributed by atoms with Crippen LogP contribution in [0.25, 0.3) is 21.8 Å². The molecule has 2 aromatic heterocycles. The van der Waals surface area contributed by atoms with E-state index in [2.05, 4.69) is 65.2 Å². The summed E-state index contributed by atoms with van der Waals surface area (Å²) in [7, 11) is 0. The predicted molar refractivity (Wildman–Crippen MR) is 148 cm³/mol. The van der Waals surface area contributed by atoms with Gasteiger partial charge in [-0.25, -0.2) is 24.2 Å². The van der Waals surface area contributed by atoms with E-state index in [1.807, 2.05) is 6.20 Å².